The molecule has 1 aromatic carbocycles. The highest BCUT2D eigenvalue weighted by atomic mass is 19.1. The van der Waals surface area contributed by atoms with Crippen LogP contribution >= 0.6 is 0 Å². The van der Waals surface area contributed by atoms with Gasteiger partial charge in [-0.05, 0) is 24.6 Å². The van der Waals surface area contributed by atoms with Gasteiger partial charge in [0.1, 0.15) is 11.9 Å². The van der Waals surface area contributed by atoms with Gasteiger partial charge >= 0.3 is 0 Å². The van der Waals surface area contributed by atoms with Crippen molar-refractivity contribution in [2.24, 2.45) is 0 Å². The van der Waals surface area contributed by atoms with Crippen LogP contribution in [0.3, 0.4) is 0 Å². The maximum Gasteiger partial charge on any atom is 0.141 e. The average Bonchev–Trinajstić information content (AvgIpc) is 2.08. The minimum atomic E-state index is -0.442. The zero-order valence-electron chi connectivity index (χ0n) is 6.71. The Morgan fingerprint density at radius 2 is 2.00 bits per heavy atom. The number of aryl methyl sites for hydroxylation is 1. The molecule has 0 aromatic heterocycles. The second-order valence-corrected chi connectivity index (χ2v) is 2.10. The van der Waals surface area contributed by atoms with Crippen LogP contribution in [0.15, 0.2) is 18.2 Å². The van der Waals surface area contributed by atoms with Gasteiger partial charge in [-0.2, -0.15) is 5.26 Å². The first-order chi connectivity index (χ1) is 5.74. The lowest BCUT2D eigenvalue weighted by molar-refractivity contribution is 0.623. The van der Waals surface area contributed by atoms with Gasteiger partial charge in [0.25, 0.3) is 0 Å². The monoisotopic (exact) mass is 161 g/mol. The molecule has 0 aliphatic heterocycles. The van der Waals surface area contributed by atoms with Gasteiger partial charge < -0.3 is 0 Å². The molecule has 0 aliphatic carbocycles. The van der Waals surface area contributed by atoms with Gasteiger partial charge in [0.05, 0.1) is 5.56 Å². The molecular weight excluding hydrogens is 153 g/mol. The van der Waals surface area contributed by atoms with Gasteiger partial charge in [-0.15, -0.1) is 12.8 Å². The molecule has 0 saturated carbocycles. The number of hydrogen-bond acceptors (Lipinski definition) is 1. The largest absolute Gasteiger partial charge is 0.206 e. The molecule has 0 unspecified atom stereocenters. The summed E-state index contributed by atoms with van der Waals surface area (Å²) in [6.45, 7) is 1.78. The standard InChI is InChI=1S/C8H6FN.C2H2/c1-6-2-3-7(5-10)8(9)4-6;1-2/h2-4H,1H3;1-2H. The van der Waals surface area contributed by atoms with Crippen molar-refractivity contribution < 1.29 is 4.39 Å². The lowest BCUT2D eigenvalue weighted by atomic mass is 10.1. The van der Waals surface area contributed by atoms with Gasteiger partial charge in [0.2, 0.25) is 0 Å². The minimum absolute atomic E-state index is 0.102. The summed E-state index contributed by atoms with van der Waals surface area (Å²) in [6, 6.07) is 6.28. The fraction of sp³-hybridized carbons (Fsp3) is 0.100. The van der Waals surface area contributed by atoms with Crippen molar-refractivity contribution in [3.8, 4) is 18.9 Å². The van der Waals surface area contributed by atoms with Gasteiger partial charge in [-0.25, -0.2) is 4.39 Å². The van der Waals surface area contributed by atoms with E-state index in [2.05, 4.69) is 12.8 Å². The van der Waals surface area contributed by atoms with Crippen LogP contribution in [0.2, 0.25) is 0 Å². The summed E-state index contributed by atoms with van der Waals surface area (Å²) in [6.07, 6.45) is 8.00. The Labute approximate surface area is 71.5 Å². The molecular formula is C10H8FN. The van der Waals surface area contributed by atoms with Crippen LogP contribution < -0.4 is 0 Å². The van der Waals surface area contributed by atoms with Gasteiger partial charge in [-0.1, -0.05) is 6.07 Å². The van der Waals surface area contributed by atoms with Crippen molar-refractivity contribution in [3.05, 3.63) is 35.1 Å². The molecule has 2 heteroatoms. The van der Waals surface area contributed by atoms with Crippen LogP contribution in [-0.2, 0) is 0 Å². The molecule has 12 heavy (non-hydrogen) atoms. The quantitative estimate of drug-likeness (QED) is 0.535. The first-order valence-corrected chi connectivity index (χ1v) is 3.23. The van der Waals surface area contributed by atoms with Crippen LogP contribution in [0.5, 0.6) is 0 Å². The fourth-order valence-electron chi connectivity index (χ4n) is 0.711. The molecule has 1 rings (SSSR count). The maximum atomic E-state index is 12.6. The predicted octanol–water partition coefficient (Wildman–Crippen LogP) is 2.26. The molecule has 0 bridgehead atoms. The molecule has 0 radical (unpaired) electrons. The highest BCUT2D eigenvalue weighted by Crippen LogP contribution is 2.07. The van der Waals surface area contributed by atoms with E-state index in [1.54, 1.807) is 19.1 Å². The first kappa shape index (κ1) is 10.2. The predicted molar refractivity (Wildman–Crippen MR) is 45.7 cm³/mol. The SMILES string of the molecule is C#C.Cc1ccc(C#N)c(F)c1. The zero-order chi connectivity index (χ0) is 9.56. The van der Waals surface area contributed by atoms with Crippen LogP contribution in [0.25, 0.3) is 0 Å². The topological polar surface area (TPSA) is 23.8 Å². The van der Waals surface area contributed by atoms with E-state index < -0.39 is 5.82 Å². The molecule has 0 fully saturated rings. The summed E-state index contributed by atoms with van der Waals surface area (Å²) in [5.74, 6) is -0.442. The number of benzene rings is 1. The van der Waals surface area contributed by atoms with E-state index in [-0.39, 0.29) is 5.56 Å². The Hall–Kier alpha value is -1.80. The Bertz CT molecular complexity index is 320. The number of rotatable bonds is 0. The van der Waals surface area contributed by atoms with Crippen molar-refractivity contribution in [2.75, 3.05) is 0 Å². The summed E-state index contributed by atoms with van der Waals surface area (Å²) in [7, 11) is 0. The fourth-order valence-corrected chi connectivity index (χ4v) is 0.711. The Morgan fingerprint density at radius 3 is 2.42 bits per heavy atom. The van der Waals surface area contributed by atoms with Gasteiger partial charge in [-0.3, -0.25) is 0 Å². The Balaban J connectivity index is 0.000000561. The third-order valence-electron chi connectivity index (χ3n) is 1.25. The van der Waals surface area contributed by atoms with Gasteiger partial charge in [0.15, 0.2) is 0 Å². The maximum absolute atomic E-state index is 12.6. The number of nitriles is 1. The number of nitrogens with zero attached hydrogens (tertiary/aromatic N) is 1. The van der Waals surface area contributed by atoms with Crippen LogP contribution in [0.1, 0.15) is 11.1 Å². The van der Waals surface area contributed by atoms with Crippen molar-refractivity contribution in [1.82, 2.24) is 0 Å². The van der Waals surface area contributed by atoms with E-state index in [1.807, 2.05) is 0 Å². The van der Waals surface area contributed by atoms with E-state index in [4.69, 9.17) is 5.26 Å². The lowest BCUT2D eigenvalue weighted by Gasteiger charge is -1.92. The molecule has 0 aliphatic rings. The van der Waals surface area contributed by atoms with E-state index in [0.29, 0.717) is 0 Å². The van der Waals surface area contributed by atoms with E-state index in [0.717, 1.165) is 5.56 Å². The third-order valence-corrected chi connectivity index (χ3v) is 1.25. The number of hydrogen-bond donors (Lipinski definition) is 0. The molecule has 1 aromatic rings. The number of terminal acetylenes is 1. The summed E-state index contributed by atoms with van der Waals surface area (Å²) >= 11 is 0. The van der Waals surface area contributed by atoms with E-state index >= 15 is 0 Å². The average molecular weight is 161 g/mol. The molecule has 0 N–H and O–H groups in total. The summed E-state index contributed by atoms with van der Waals surface area (Å²) < 4.78 is 12.6. The summed E-state index contributed by atoms with van der Waals surface area (Å²) in [4.78, 5) is 0. The van der Waals surface area contributed by atoms with Crippen molar-refractivity contribution in [3.63, 3.8) is 0 Å². The Kier molecular flexibility index (Phi) is 4.19. The second-order valence-electron chi connectivity index (χ2n) is 2.10. The van der Waals surface area contributed by atoms with Crippen molar-refractivity contribution in [2.45, 2.75) is 6.92 Å². The normalized spacial score (nSPS) is 7.58. The highest BCUT2D eigenvalue weighted by Gasteiger charge is 1.98. The van der Waals surface area contributed by atoms with Crippen molar-refractivity contribution in [1.29, 1.82) is 5.26 Å². The Morgan fingerprint density at radius 1 is 1.42 bits per heavy atom. The molecule has 0 heterocycles. The molecule has 60 valence electrons. The second kappa shape index (κ2) is 4.93. The van der Waals surface area contributed by atoms with Crippen molar-refractivity contribution >= 4 is 0 Å². The van der Waals surface area contributed by atoms with Crippen LogP contribution in [-0.4, -0.2) is 0 Å². The zero-order valence-corrected chi connectivity index (χ0v) is 6.71. The van der Waals surface area contributed by atoms with Gasteiger partial charge in [0, 0.05) is 0 Å². The molecule has 1 nitrogen and oxygen atoms in total. The smallest absolute Gasteiger partial charge is 0.141 e. The van der Waals surface area contributed by atoms with Crippen LogP contribution in [0, 0.1) is 36.9 Å². The van der Waals surface area contributed by atoms with Crippen LogP contribution in [0.4, 0.5) is 4.39 Å². The summed E-state index contributed by atoms with van der Waals surface area (Å²) in [5.41, 5.74) is 0.933. The highest BCUT2D eigenvalue weighted by molar-refractivity contribution is 5.32. The van der Waals surface area contributed by atoms with E-state index in [9.17, 15) is 4.39 Å². The lowest BCUT2D eigenvalue weighted by Crippen LogP contribution is -1.82. The minimum Gasteiger partial charge on any atom is -0.206 e. The first-order valence-electron chi connectivity index (χ1n) is 3.23. The summed E-state index contributed by atoms with van der Waals surface area (Å²) in [5, 5.41) is 8.32. The number of halogens is 1. The third kappa shape index (κ3) is 2.44. The molecule has 0 atom stereocenters. The molecule has 0 amide bonds. The molecule has 0 saturated heterocycles. The van der Waals surface area contributed by atoms with E-state index in [1.165, 1.54) is 12.1 Å². The molecule has 0 spiro atoms.